The van der Waals surface area contributed by atoms with Gasteiger partial charge in [0, 0.05) is 35.7 Å². The number of carboxylic acids is 1. The van der Waals surface area contributed by atoms with Gasteiger partial charge in [-0.25, -0.2) is 4.79 Å². The number of hydrogen-bond acceptors (Lipinski definition) is 5. The van der Waals surface area contributed by atoms with Gasteiger partial charge < -0.3 is 19.3 Å². The molecule has 1 aromatic heterocycles. The Kier molecular flexibility index (Phi) is 7.12. The monoisotopic (exact) mass is 513 g/mol. The summed E-state index contributed by atoms with van der Waals surface area (Å²) < 4.78 is 17.7. The molecule has 1 aliphatic heterocycles. The highest BCUT2D eigenvalue weighted by atomic mass is 16.5. The van der Waals surface area contributed by atoms with E-state index >= 15 is 0 Å². The minimum atomic E-state index is -1.14. The van der Waals surface area contributed by atoms with Gasteiger partial charge in [0.25, 0.3) is 0 Å². The number of carboxylic acid groups (broad SMARTS) is 1. The number of aliphatic carboxylic acids is 1. The number of carbonyl (C=O) groups is 1. The molecular weight excluding hydrogens is 478 g/mol. The van der Waals surface area contributed by atoms with Crippen LogP contribution in [0.1, 0.15) is 56.1 Å². The highest BCUT2D eigenvalue weighted by molar-refractivity contribution is 6.09. The van der Waals surface area contributed by atoms with E-state index in [2.05, 4.69) is 24.3 Å². The number of nitrogens with zero attached hydrogens (tertiary/aromatic N) is 1. The molecule has 0 fully saturated rings. The van der Waals surface area contributed by atoms with E-state index in [4.69, 9.17) is 19.2 Å². The van der Waals surface area contributed by atoms with Crippen molar-refractivity contribution in [3.05, 3.63) is 70.9 Å². The molecule has 198 valence electrons. The zero-order valence-corrected chi connectivity index (χ0v) is 22.8. The fourth-order valence-corrected chi connectivity index (χ4v) is 5.42. The summed E-state index contributed by atoms with van der Waals surface area (Å²) >= 11 is 0. The smallest absolute Gasteiger partial charge is 0.337 e. The molecule has 1 atom stereocenters. The van der Waals surface area contributed by atoms with Gasteiger partial charge in [0.2, 0.25) is 0 Å². The molecule has 6 nitrogen and oxygen atoms in total. The topological polar surface area (TPSA) is 77.9 Å². The Morgan fingerprint density at radius 1 is 1.16 bits per heavy atom. The first-order valence-electron chi connectivity index (χ1n) is 13.3. The zero-order valence-electron chi connectivity index (χ0n) is 22.8. The largest absolute Gasteiger partial charge is 0.493 e. The highest BCUT2D eigenvalue weighted by Crippen LogP contribution is 2.45. The van der Waals surface area contributed by atoms with Crippen LogP contribution in [-0.4, -0.2) is 41.5 Å². The van der Waals surface area contributed by atoms with Crippen molar-refractivity contribution < 1.29 is 24.1 Å². The minimum absolute atomic E-state index is 0.634. The quantitative estimate of drug-likeness (QED) is 0.261. The van der Waals surface area contributed by atoms with Crippen LogP contribution in [0.2, 0.25) is 0 Å². The average Bonchev–Trinajstić information content (AvgIpc) is 2.87. The standard InChI is InChI=1S/C32H35NO5/c1-6-36-15-12-20-7-8-23-22(18-20)17-19(2)26(30(31(34)35)38-32(3,4)5)28(23)24-9-10-25-27-21(13-16-37-25)11-14-33-29(24)27/h7-11,14,17-18,30H,6,12-13,15-16H2,1-5H3,(H,34,35). The molecule has 0 amide bonds. The van der Waals surface area contributed by atoms with Gasteiger partial charge in [0.1, 0.15) is 5.75 Å². The summed E-state index contributed by atoms with van der Waals surface area (Å²) in [5.41, 5.74) is 5.76. The van der Waals surface area contributed by atoms with E-state index < -0.39 is 17.7 Å². The van der Waals surface area contributed by atoms with E-state index in [1.807, 2.05) is 59.0 Å². The Bertz CT molecular complexity index is 1510. The normalized spacial score (nSPS) is 14.0. The van der Waals surface area contributed by atoms with Gasteiger partial charge >= 0.3 is 5.97 Å². The van der Waals surface area contributed by atoms with Crippen LogP contribution in [0.15, 0.2) is 48.7 Å². The van der Waals surface area contributed by atoms with Crippen LogP contribution in [0.3, 0.4) is 0 Å². The molecule has 4 aromatic rings. The second-order valence-corrected chi connectivity index (χ2v) is 10.8. The summed E-state index contributed by atoms with van der Waals surface area (Å²) in [6.07, 6.45) is 2.31. The Morgan fingerprint density at radius 3 is 2.71 bits per heavy atom. The van der Waals surface area contributed by atoms with E-state index in [0.29, 0.717) is 25.4 Å². The molecule has 0 spiro atoms. The van der Waals surface area contributed by atoms with E-state index in [1.54, 1.807) is 0 Å². The van der Waals surface area contributed by atoms with Gasteiger partial charge in [-0.3, -0.25) is 4.98 Å². The van der Waals surface area contributed by atoms with Crippen LogP contribution in [-0.2, 0) is 27.1 Å². The van der Waals surface area contributed by atoms with Gasteiger partial charge in [-0.15, -0.1) is 0 Å². The first kappa shape index (κ1) is 26.1. The number of pyridine rings is 1. The number of aryl methyl sites for hydroxylation is 1. The first-order valence-corrected chi connectivity index (χ1v) is 13.3. The number of hydrogen-bond donors (Lipinski definition) is 1. The van der Waals surface area contributed by atoms with Crippen molar-refractivity contribution in [2.75, 3.05) is 19.8 Å². The molecule has 3 aromatic carbocycles. The molecule has 0 bridgehead atoms. The third kappa shape index (κ3) is 4.98. The fourth-order valence-electron chi connectivity index (χ4n) is 5.42. The maximum Gasteiger partial charge on any atom is 0.337 e. The predicted octanol–water partition coefficient (Wildman–Crippen LogP) is 6.82. The Balaban J connectivity index is 1.82. The lowest BCUT2D eigenvalue weighted by molar-refractivity contribution is -0.160. The van der Waals surface area contributed by atoms with Gasteiger partial charge in [-0.05, 0) is 92.3 Å². The molecule has 0 saturated carbocycles. The van der Waals surface area contributed by atoms with Crippen molar-refractivity contribution in [3.63, 3.8) is 0 Å². The molecular formula is C32H35NO5. The molecule has 0 radical (unpaired) electrons. The molecule has 1 N–H and O–H groups in total. The number of benzene rings is 3. The van der Waals surface area contributed by atoms with E-state index in [1.165, 1.54) is 11.1 Å². The Labute approximate surface area is 223 Å². The second kappa shape index (κ2) is 10.4. The lowest BCUT2D eigenvalue weighted by Gasteiger charge is -2.29. The molecule has 5 rings (SSSR count). The molecule has 0 aliphatic carbocycles. The summed E-state index contributed by atoms with van der Waals surface area (Å²) in [6.45, 7) is 11.6. The van der Waals surface area contributed by atoms with Crippen LogP contribution in [0.4, 0.5) is 0 Å². The number of aromatic nitrogens is 1. The van der Waals surface area contributed by atoms with Crippen LogP contribution in [0.5, 0.6) is 5.75 Å². The fraction of sp³-hybridized carbons (Fsp3) is 0.375. The molecule has 1 unspecified atom stereocenters. The summed E-state index contributed by atoms with van der Waals surface area (Å²) in [4.78, 5) is 17.5. The van der Waals surface area contributed by atoms with Crippen molar-refractivity contribution in [1.29, 1.82) is 0 Å². The molecule has 0 saturated heterocycles. The van der Waals surface area contributed by atoms with Gasteiger partial charge in [0.05, 0.1) is 24.3 Å². The number of fused-ring (bicyclic) bond motifs is 1. The van der Waals surface area contributed by atoms with E-state index in [0.717, 1.165) is 57.0 Å². The minimum Gasteiger partial charge on any atom is -0.493 e. The third-order valence-corrected chi connectivity index (χ3v) is 6.99. The summed E-state index contributed by atoms with van der Waals surface area (Å²) in [7, 11) is 0. The lowest BCUT2D eigenvalue weighted by Crippen LogP contribution is -2.28. The molecule has 38 heavy (non-hydrogen) atoms. The maximum absolute atomic E-state index is 12.7. The predicted molar refractivity (Wildman–Crippen MR) is 150 cm³/mol. The third-order valence-electron chi connectivity index (χ3n) is 6.99. The summed E-state index contributed by atoms with van der Waals surface area (Å²) in [6, 6.07) is 14.5. The maximum atomic E-state index is 12.7. The summed E-state index contributed by atoms with van der Waals surface area (Å²) in [5, 5.41) is 13.4. The van der Waals surface area contributed by atoms with E-state index in [9.17, 15) is 9.90 Å². The van der Waals surface area contributed by atoms with Crippen molar-refractivity contribution in [1.82, 2.24) is 4.98 Å². The molecule has 6 heteroatoms. The van der Waals surface area contributed by atoms with Gasteiger partial charge in [0.15, 0.2) is 6.10 Å². The van der Waals surface area contributed by atoms with Crippen molar-refractivity contribution in [3.8, 4) is 16.9 Å². The molecule has 2 heterocycles. The highest BCUT2D eigenvalue weighted by Gasteiger charge is 2.32. The van der Waals surface area contributed by atoms with Crippen LogP contribution >= 0.6 is 0 Å². The second-order valence-electron chi connectivity index (χ2n) is 10.8. The van der Waals surface area contributed by atoms with Gasteiger partial charge in [-0.1, -0.05) is 24.3 Å². The molecule has 1 aliphatic rings. The van der Waals surface area contributed by atoms with E-state index in [-0.39, 0.29) is 0 Å². The van der Waals surface area contributed by atoms with Crippen LogP contribution in [0, 0.1) is 6.92 Å². The summed E-state index contributed by atoms with van der Waals surface area (Å²) in [5.74, 6) is -0.202. The Morgan fingerprint density at radius 2 is 1.97 bits per heavy atom. The van der Waals surface area contributed by atoms with Crippen LogP contribution < -0.4 is 4.74 Å². The van der Waals surface area contributed by atoms with Gasteiger partial charge in [-0.2, -0.15) is 0 Å². The first-order chi connectivity index (χ1) is 18.2. The van der Waals surface area contributed by atoms with Crippen molar-refractivity contribution >= 4 is 27.6 Å². The lowest BCUT2D eigenvalue weighted by atomic mass is 9.85. The SMILES string of the molecule is CCOCCc1ccc2c(-c3ccc4c5c(ccnc35)CCO4)c(C(OC(C)(C)C)C(=O)O)c(C)cc2c1. The number of rotatable bonds is 8. The van der Waals surface area contributed by atoms with Crippen molar-refractivity contribution in [2.24, 2.45) is 0 Å². The number of ether oxygens (including phenoxy) is 3. The van der Waals surface area contributed by atoms with Crippen molar-refractivity contribution in [2.45, 2.75) is 59.2 Å². The average molecular weight is 514 g/mol. The zero-order chi connectivity index (χ0) is 27.0. The van der Waals surface area contributed by atoms with Crippen LogP contribution in [0.25, 0.3) is 32.8 Å². The Hall–Kier alpha value is -3.48.